The minimum Gasteiger partial charge on any atom is -0.465 e. The largest absolute Gasteiger partial charge is 0.465 e. The molecule has 3 rings (SSSR count). The number of methoxy groups -OCH3 is 1. The van der Waals surface area contributed by atoms with Crippen molar-refractivity contribution in [2.75, 3.05) is 12.4 Å². The molecular weight excluding hydrogens is 292 g/mol. The maximum absolute atomic E-state index is 12.3. The first kappa shape index (κ1) is 14.8. The Bertz CT molecular complexity index is 867. The molecular formula is C18H16N2O3. The summed E-state index contributed by atoms with van der Waals surface area (Å²) in [6, 6.07) is 14.6. The average molecular weight is 308 g/mol. The van der Waals surface area contributed by atoms with E-state index in [1.807, 2.05) is 30.5 Å². The topological polar surface area (TPSA) is 71.2 Å². The molecule has 0 saturated carbocycles. The normalized spacial score (nSPS) is 10.5. The number of aromatic nitrogens is 1. The smallest absolute Gasteiger partial charge is 0.339 e. The number of nitrogens with one attached hydrogen (secondary N) is 2. The second-order valence-electron chi connectivity index (χ2n) is 5.12. The first-order valence-corrected chi connectivity index (χ1v) is 7.21. The average Bonchev–Trinajstić information content (AvgIpc) is 2.98. The third kappa shape index (κ3) is 3.08. The lowest BCUT2D eigenvalue weighted by atomic mass is 10.1. The molecule has 1 amide bonds. The van der Waals surface area contributed by atoms with Gasteiger partial charge >= 0.3 is 5.97 Å². The van der Waals surface area contributed by atoms with Crippen molar-refractivity contribution < 1.29 is 14.3 Å². The first-order chi connectivity index (χ1) is 11.2. The molecule has 0 saturated heterocycles. The van der Waals surface area contributed by atoms with Crippen LogP contribution in [0.5, 0.6) is 0 Å². The van der Waals surface area contributed by atoms with Crippen LogP contribution in [-0.4, -0.2) is 24.0 Å². The first-order valence-electron chi connectivity index (χ1n) is 7.21. The van der Waals surface area contributed by atoms with Gasteiger partial charge in [-0.15, -0.1) is 0 Å². The van der Waals surface area contributed by atoms with Crippen molar-refractivity contribution in [3.05, 3.63) is 65.9 Å². The molecule has 116 valence electrons. The summed E-state index contributed by atoms with van der Waals surface area (Å²) in [4.78, 5) is 27.2. The number of ether oxygens (including phenoxy) is 1. The summed E-state index contributed by atoms with van der Waals surface area (Å²) in [6.07, 6.45) is 2.05. The fraction of sp³-hybridized carbons (Fsp3) is 0.111. The maximum atomic E-state index is 12.3. The van der Waals surface area contributed by atoms with E-state index in [2.05, 4.69) is 10.3 Å². The molecule has 0 radical (unpaired) electrons. The molecule has 0 fully saturated rings. The van der Waals surface area contributed by atoms with Gasteiger partial charge in [0.15, 0.2) is 0 Å². The molecule has 0 aliphatic heterocycles. The number of amides is 1. The summed E-state index contributed by atoms with van der Waals surface area (Å²) >= 11 is 0. The van der Waals surface area contributed by atoms with Crippen LogP contribution in [0.1, 0.15) is 15.9 Å². The van der Waals surface area contributed by atoms with Crippen LogP contribution >= 0.6 is 0 Å². The number of H-pyrrole nitrogens is 1. The number of hydrogen-bond donors (Lipinski definition) is 2. The van der Waals surface area contributed by atoms with E-state index in [1.165, 1.54) is 7.11 Å². The van der Waals surface area contributed by atoms with Crippen molar-refractivity contribution >= 4 is 28.5 Å². The quantitative estimate of drug-likeness (QED) is 0.727. The number of carbonyl (C=O) groups is 2. The molecule has 0 aliphatic carbocycles. The van der Waals surface area contributed by atoms with Crippen LogP contribution in [0, 0.1) is 0 Å². The molecule has 1 heterocycles. The molecule has 5 heteroatoms. The summed E-state index contributed by atoms with van der Waals surface area (Å²) in [7, 11) is 1.31. The van der Waals surface area contributed by atoms with Gasteiger partial charge in [0.25, 0.3) is 0 Å². The number of hydrogen-bond acceptors (Lipinski definition) is 3. The van der Waals surface area contributed by atoms with E-state index in [-0.39, 0.29) is 12.3 Å². The van der Waals surface area contributed by atoms with Crippen LogP contribution < -0.4 is 5.32 Å². The third-order valence-electron chi connectivity index (χ3n) is 3.63. The third-order valence-corrected chi connectivity index (χ3v) is 3.63. The van der Waals surface area contributed by atoms with Crippen LogP contribution in [-0.2, 0) is 16.0 Å². The van der Waals surface area contributed by atoms with E-state index >= 15 is 0 Å². The van der Waals surface area contributed by atoms with Crippen molar-refractivity contribution in [2.45, 2.75) is 6.42 Å². The van der Waals surface area contributed by atoms with Crippen molar-refractivity contribution in [3.63, 3.8) is 0 Å². The van der Waals surface area contributed by atoms with E-state index in [9.17, 15) is 9.59 Å². The molecule has 23 heavy (non-hydrogen) atoms. The van der Waals surface area contributed by atoms with Gasteiger partial charge in [0.2, 0.25) is 5.91 Å². The second-order valence-corrected chi connectivity index (χ2v) is 5.12. The van der Waals surface area contributed by atoms with Crippen molar-refractivity contribution in [1.82, 2.24) is 4.98 Å². The molecule has 2 N–H and O–H groups in total. The number of para-hydroxylation sites is 2. The Morgan fingerprint density at radius 1 is 1.09 bits per heavy atom. The monoisotopic (exact) mass is 308 g/mol. The predicted molar refractivity (Wildman–Crippen MR) is 88.4 cm³/mol. The molecule has 0 unspecified atom stereocenters. The number of benzene rings is 2. The highest BCUT2D eigenvalue weighted by Crippen LogP contribution is 2.20. The Hall–Kier alpha value is -3.08. The van der Waals surface area contributed by atoms with Crippen molar-refractivity contribution in [2.24, 2.45) is 0 Å². The van der Waals surface area contributed by atoms with Gasteiger partial charge in [0.1, 0.15) is 0 Å². The van der Waals surface area contributed by atoms with Crippen LogP contribution in [0.2, 0.25) is 0 Å². The van der Waals surface area contributed by atoms with Gasteiger partial charge in [-0.2, -0.15) is 0 Å². The van der Waals surface area contributed by atoms with Gasteiger partial charge in [0.05, 0.1) is 24.8 Å². The van der Waals surface area contributed by atoms with E-state index in [0.717, 1.165) is 16.5 Å². The zero-order valence-electron chi connectivity index (χ0n) is 12.6. The number of aromatic amines is 1. The van der Waals surface area contributed by atoms with Gasteiger partial charge < -0.3 is 15.0 Å². The number of anilines is 1. The summed E-state index contributed by atoms with van der Waals surface area (Å²) in [5, 5.41) is 3.79. The number of rotatable bonds is 4. The zero-order valence-corrected chi connectivity index (χ0v) is 12.6. The summed E-state index contributed by atoms with van der Waals surface area (Å²) in [5.41, 5.74) is 2.69. The molecule has 0 bridgehead atoms. The van der Waals surface area contributed by atoms with Crippen LogP contribution in [0.25, 0.3) is 10.9 Å². The van der Waals surface area contributed by atoms with Crippen LogP contribution in [0.15, 0.2) is 54.7 Å². The van der Waals surface area contributed by atoms with Crippen molar-refractivity contribution in [1.29, 1.82) is 0 Å². The lowest BCUT2D eigenvalue weighted by Crippen LogP contribution is -2.17. The summed E-state index contributed by atoms with van der Waals surface area (Å²) in [6.45, 7) is 0. The van der Waals surface area contributed by atoms with Gasteiger partial charge in [-0.1, -0.05) is 30.3 Å². The maximum Gasteiger partial charge on any atom is 0.339 e. The lowest BCUT2D eigenvalue weighted by molar-refractivity contribution is -0.115. The summed E-state index contributed by atoms with van der Waals surface area (Å²) in [5.74, 6) is -0.667. The molecule has 1 aromatic heterocycles. The zero-order chi connectivity index (χ0) is 16.2. The predicted octanol–water partition coefficient (Wildman–Crippen LogP) is 3.14. The highest BCUT2D eigenvalue weighted by atomic mass is 16.5. The van der Waals surface area contributed by atoms with Gasteiger partial charge in [-0.3, -0.25) is 4.79 Å². The van der Waals surface area contributed by atoms with Crippen molar-refractivity contribution in [3.8, 4) is 0 Å². The molecule has 5 nitrogen and oxygen atoms in total. The van der Waals surface area contributed by atoms with Gasteiger partial charge in [0, 0.05) is 17.1 Å². The Labute approximate surface area is 133 Å². The van der Waals surface area contributed by atoms with E-state index in [4.69, 9.17) is 4.74 Å². The Kier molecular flexibility index (Phi) is 4.10. The standard InChI is InChI=1S/C18H16N2O3/c1-23-18(22)14-7-3-5-9-16(14)20-17(21)10-12-11-19-15-8-4-2-6-13(12)15/h2-9,11,19H,10H2,1H3,(H,20,21). The lowest BCUT2D eigenvalue weighted by Gasteiger charge is -2.09. The van der Waals surface area contributed by atoms with Gasteiger partial charge in [-0.05, 0) is 23.8 Å². The molecule has 2 aromatic carbocycles. The Morgan fingerprint density at radius 2 is 1.83 bits per heavy atom. The SMILES string of the molecule is COC(=O)c1ccccc1NC(=O)Cc1c[nH]c2ccccc12. The minimum atomic E-state index is -0.479. The molecule has 0 aliphatic rings. The Balaban J connectivity index is 1.79. The highest BCUT2D eigenvalue weighted by Gasteiger charge is 2.14. The van der Waals surface area contributed by atoms with Gasteiger partial charge in [-0.25, -0.2) is 4.79 Å². The second kappa shape index (κ2) is 6.36. The Morgan fingerprint density at radius 3 is 2.65 bits per heavy atom. The molecule has 0 atom stereocenters. The van der Waals surface area contributed by atoms with E-state index < -0.39 is 5.97 Å². The van der Waals surface area contributed by atoms with E-state index in [1.54, 1.807) is 24.3 Å². The fourth-order valence-corrected chi connectivity index (χ4v) is 2.53. The minimum absolute atomic E-state index is 0.189. The number of carbonyl (C=O) groups excluding carboxylic acids is 2. The fourth-order valence-electron chi connectivity index (χ4n) is 2.53. The molecule has 0 spiro atoms. The number of esters is 1. The summed E-state index contributed by atoms with van der Waals surface area (Å²) < 4.78 is 4.73. The van der Waals surface area contributed by atoms with Crippen LogP contribution in [0.4, 0.5) is 5.69 Å². The van der Waals surface area contributed by atoms with Crippen LogP contribution in [0.3, 0.4) is 0 Å². The number of fused-ring (bicyclic) bond motifs is 1. The highest BCUT2D eigenvalue weighted by molar-refractivity contribution is 6.02. The molecule has 3 aromatic rings. The van der Waals surface area contributed by atoms with E-state index in [0.29, 0.717) is 11.3 Å².